The molecular formula is C12H15N3O2. The molecule has 1 unspecified atom stereocenters. The molecule has 17 heavy (non-hydrogen) atoms. The van der Waals surface area contributed by atoms with Crippen LogP contribution in [0, 0.1) is 17.2 Å². The number of carbonyl (C=O) groups excluding carboxylic acids is 1. The van der Waals surface area contributed by atoms with Gasteiger partial charge in [0.15, 0.2) is 5.69 Å². The van der Waals surface area contributed by atoms with E-state index in [4.69, 9.17) is 10.00 Å². The molecule has 1 N–H and O–H groups in total. The molecule has 90 valence electrons. The Morgan fingerprint density at radius 1 is 1.59 bits per heavy atom. The van der Waals surface area contributed by atoms with Gasteiger partial charge in [0.25, 0.3) is 0 Å². The largest absolute Gasteiger partial charge is 0.467 e. The summed E-state index contributed by atoms with van der Waals surface area (Å²) in [6, 6.07) is 4.90. The number of nitriles is 1. The van der Waals surface area contributed by atoms with Crippen LogP contribution < -0.4 is 5.32 Å². The van der Waals surface area contributed by atoms with Crippen LogP contribution in [0.15, 0.2) is 18.3 Å². The Kier molecular flexibility index (Phi) is 4.46. The highest BCUT2D eigenvalue weighted by Gasteiger charge is 2.23. The molecule has 0 radical (unpaired) electrons. The van der Waals surface area contributed by atoms with E-state index in [-0.39, 0.29) is 17.6 Å². The van der Waals surface area contributed by atoms with Crippen molar-refractivity contribution in [1.82, 2.24) is 4.98 Å². The van der Waals surface area contributed by atoms with Gasteiger partial charge in [-0.15, -0.1) is 0 Å². The van der Waals surface area contributed by atoms with Gasteiger partial charge in [-0.05, 0) is 18.1 Å². The number of ether oxygens (including phenoxy) is 1. The summed E-state index contributed by atoms with van der Waals surface area (Å²) in [6.45, 7) is 3.80. The molecule has 1 rings (SSSR count). The van der Waals surface area contributed by atoms with Crippen LogP contribution in [0.1, 0.15) is 19.5 Å². The number of methoxy groups -OCH3 is 1. The summed E-state index contributed by atoms with van der Waals surface area (Å²) in [6.07, 6.45) is 1.53. The molecule has 0 aliphatic rings. The van der Waals surface area contributed by atoms with E-state index in [1.807, 2.05) is 19.9 Å². The zero-order valence-corrected chi connectivity index (χ0v) is 10.1. The second-order valence-electron chi connectivity index (χ2n) is 3.90. The van der Waals surface area contributed by atoms with E-state index in [1.54, 1.807) is 12.1 Å². The third kappa shape index (κ3) is 3.18. The van der Waals surface area contributed by atoms with E-state index in [1.165, 1.54) is 13.3 Å². The predicted molar refractivity (Wildman–Crippen MR) is 63.2 cm³/mol. The summed E-state index contributed by atoms with van der Waals surface area (Å²) >= 11 is 0. The first-order chi connectivity index (χ1) is 8.10. The number of hydrogen-bond donors (Lipinski definition) is 1. The van der Waals surface area contributed by atoms with Gasteiger partial charge in [0.1, 0.15) is 12.1 Å². The molecule has 0 aromatic carbocycles. The fourth-order valence-corrected chi connectivity index (χ4v) is 1.40. The van der Waals surface area contributed by atoms with Crippen LogP contribution in [0.5, 0.6) is 0 Å². The monoisotopic (exact) mass is 233 g/mol. The standard InChI is InChI=1S/C12H15N3O2/c1-8(2)11(12(16)17-3)15-9-5-4-6-14-10(9)7-13/h4-6,8,11,15H,1-3H3. The number of pyridine rings is 1. The van der Waals surface area contributed by atoms with Gasteiger partial charge < -0.3 is 10.1 Å². The Labute approximate surface area is 100 Å². The summed E-state index contributed by atoms with van der Waals surface area (Å²) in [5.41, 5.74) is 0.807. The summed E-state index contributed by atoms with van der Waals surface area (Å²) < 4.78 is 4.71. The number of carbonyl (C=O) groups is 1. The Morgan fingerprint density at radius 3 is 2.82 bits per heavy atom. The molecule has 1 atom stereocenters. The maximum Gasteiger partial charge on any atom is 0.328 e. The van der Waals surface area contributed by atoms with E-state index in [2.05, 4.69) is 10.3 Å². The zero-order chi connectivity index (χ0) is 12.8. The quantitative estimate of drug-likeness (QED) is 0.799. The first-order valence-electron chi connectivity index (χ1n) is 5.29. The van der Waals surface area contributed by atoms with Crippen LogP contribution in [0.3, 0.4) is 0 Å². The van der Waals surface area contributed by atoms with E-state index in [0.717, 1.165) is 0 Å². The molecule has 0 saturated heterocycles. The topological polar surface area (TPSA) is 75.0 Å². The van der Waals surface area contributed by atoms with E-state index in [9.17, 15) is 4.79 Å². The van der Waals surface area contributed by atoms with Crippen LogP contribution in [0.2, 0.25) is 0 Å². The van der Waals surface area contributed by atoms with Crippen molar-refractivity contribution in [2.75, 3.05) is 12.4 Å². The van der Waals surface area contributed by atoms with Gasteiger partial charge in [0.2, 0.25) is 0 Å². The number of anilines is 1. The first kappa shape index (κ1) is 13.0. The van der Waals surface area contributed by atoms with Gasteiger partial charge >= 0.3 is 5.97 Å². The molecule has 1 aromatic rings. The van der Waals surface area contributed by atoms with Crippen molar-refractivity contribution in [2.24, 2.45) is 5.92 Å². The third-order valence-corrected chi connectivity index (χ3v) is 2.35. The zero-order valence-electron chi connectivity index (χ0n) is 10.1. The molecule has 0 amide bonds. The lowest BCUT2D eigenvalue weighted by atomic mass is 10.0. The molecular weight excluding hydrogens is 218 g/mol. The second kappa shape index (κ2) is 5.85. The minimum Gasteiger partial charge on any atom is -0.467 e. The van der Waals surface area contributed by atoms with Crippen molar-refractivity contribution in [3.05, 3.63) is 24.0 Å². The molecule has 0 spiro atoms. The van der Waals surface area contributed by atoms with Crippen molar-refractivity contribution in [3.63, 3.8) is 0 Å². The van der Waals surface area contributed by atoms with Crippen LogP contribution in [-0.4, -0.2) is 24.1 Å². The first-order valence-corrected chi connectivity index (χ1v) is 5.29. The molecule has 0 aliphatic carbocycles. The maximum atomic E-state index is 11.6. The lowest BCUT2D eigenvalue weighted by molar-refractivity contribution is -0.142. The number of rotatable bonds is 4. The molecule has 0 saturated carbocycles. The Hall–Kier alpha value is -2.09. The molecule has 5 heteroatoms. The lowest BCUT2D eigenvalue weighted by Crippen LogP contribution is -2.35. The highest BCUT2D eigenvalue weighted by molar-refractivity contribution is 5.80. The lowest BCUT2D eigenvalue weighted by Gasteiger charge is -2.21. The van der Waals surface area contributed by atoms with Gasteiger partial charge in [-0.3, -0.25) is 0 Å². The number of hydrogen-bond acceptors (Lipinski definition) is 5. The van der Waals surface area contributed by atoms with Crippen LogP contribution in [0.25, 0.3) is 0 Å². The number of nitrogens with one attached hydrogen (secondary N) is 1. The average molecular weight is 233 g/mol. The molecule has 5 nitrogen and oxygen atoms in total. The average Bonchev–Trinajstić information content (AvgIpc) is 2.35. The summed E-state index contributed by atoms with van der Waals surface area (Å²) in [5.74, 6) is -0.304. The Morgan fingerprint density at radius 2 is 2.29 bits per heavy atom. The minimum atomic E-state index is -0.490. The van der Waals surface area contributed by atoms with Crippen molar-refractivity contribution in [2.45, 2.75) is 19.9 Å². The number of aromatic nitrogens is 1. The van der Waals surface area contributed by atoms with Gasteiger partial charge in [0, 0.05) is 6.20 Å². The van der Waals surface area contributed by atoms with E-state index in [0.29, 0.717) is 5.69 Å². The fourth-order valence-electron chi connectivity index (χ4n) is 1.40. The van der Waals surface area contributed by atoms with Crippen molar-refractivity contribution < 1.29 is 9.53 Å². The molecule has 0 fully saturated rings. The van der Waals surface area contributed by atoms with Gasteiger partial charge in [0.05, 0.1) is 12.8 Å². The normalized spacial score (nSPS) is 11.7. The van der Waals surface area contributed by atoms with Crippen molar-refractivity contribution in [1.29, 1.82) is 5.26 Å². The third-order valence-electron chi connectivity index (χ3n) is 2.35. The summed E-state index contributed by atoms with van der Waals surface area (Å²) in [4.78, 5) is 15.5. The Bertz CT molecular complexity index is 438. The fraction of sp³-hybridized carbons (Fsp3) is 0.417. The van der Waals surface area contributed by atoms with Gasteiger partial charge in [-0.25, -0.2) is 9.78 Å². The second-order valence-corrected chi connectivity index (χ2v) is 3.90. The number of nitrogens with zero attached hydrogens (tertiary/aromatic N) is 2. The Balaban J connectivity index is 2.94. The van der Waals surface area contributed by atoms with Crippen LogP contribution >= 0.6 is 0 Å². The van der Waals surface area contributed by atoms with Crippen LogP contribution in [-0.2, 0) is 9.53 Å². The summed E-state index contributed by atoms with van der Waals surface area (Å²) in [7, 11) is 1.34. The van der Waals surface area contributed by atoms with Crippen molar-refractivity contribution >= 4 is 11.7 Å². The van der Waals surface area contributed by atoms with Gasteiger partial charge in [-0.2, -0.15) is 5.26 Å². The van der Waals surface area contributed by atoms with E-state index < -0.39 is 6.04 Å². The maximum absolute atomic E-state index is 11.6. The molecule has 0 aliphatic heterocycles. The smallest absolute Gasteiger partial charge is 0.328 e. The number of esters is 1. The van der Waals surface area contributed by atoms with Crippen molar-refractivity contribution in [3.8, 4) is 6.07 Å². The minimum absolute atomic E-state index is 0.0502. The molecule has 1 aromatic heterocycles. The SMILES string of the molecule is COC(=O)C(Nc1cccnc1C#N)C(C)C. The highest BCUT2D eigenvalue weighted by atomic mass is 16.5. The van der Waals surface area contributed by atoms with Gasteiger partial charge in [-0.1, -0.05) is 13.8 Å². The summed E-state index contributed by atoms with van der Waals surface area (Å²) in [5, 5.41) is 11.9. The molecule has 0 bridgehead atoms. The van der Waals surface area contributed by atoms with Crippen LogP contribution in [0.4, 0.5) is 5.69 Å². The molecule has 1 heterocycles. The predicted octanol–water partition coefficient (Wildman–Crippen LogP) is 1.56. The highest BCUT2D eigenvalue weighted by Crippen LogP contribution is 2.16. The van der Waals surface area contributed by atoms with E-state index >= 15 is 0 Å².